The van der Waals surface area contributed by atoms with Crippen LogP contribution >= 0.6 is 11.6 Å². The summed E-state index contributed by atoms with van der Waals surface area (Å²) in [4.78, 5) is 33.4. The summed E-state index contributed by atoms with van der Waals surface area (Å²) in [7, 11) is 0. The highest BCUT2D eigenvalue weighted by atomic mass is 35.5. The number of carbonyl (C=O) groups is 2. The van der Waals surface area contributed by atoms with Gasteiger partial charge in [-0.1, -0.05) is 31.5 Å². The van der Waals surface area contributed by atoms with Crippen molar-refractivity contribution in [3.8, 4) is 0 Å². The summed E-state index contributed by atoms with van der Waals surface area (Å²) in [5.74, 6) is 0.0686. The molecule has 1 saturated heterocycles. The van der Waals surface area contributed by atoms with Crippen LogP contribution in [0.3, 0.4) is 0 Å². The fourth-order valence-corrected chi connectivity index (χ4v) is 4.28. The van der Waals surface area contributed by atoms with Gasteiger partial charge in [0.15, 0.2) is 5.78 Å². The minimum Gasteiger partial charge on any atom is -0.511 e. The first-order chi connectivity index (χ1) is 15.1. The molecule has 1 aromatic carbocycles. The monoisotopic (exact) mass is 460 g/mol. The van der Waals surface area contributed by atoms with Crippen LogP contribution in [0, 0.1) is 12.3 Å². The quantitative estimate of drug-likeness (QED) is 0.608. The minimum absolute atomic E-state index is 0.0395. The molecule has 0 aromatic heterocycles. The van der Waals surface area contributed by atoms with E-state index >= 15 is 0 Å². The highest BCUT2D eigenvalue weighted by Crippen LogP contribution is 2.35. The zero-order chi connectivity index (χ0) is 23.3. The third kappa shape index (κ3) is 6.64. The molecule has 1 aliphatic carbocycles. The van der Waals surface area contributed by atoms with E-state index in [0.29, 0.717) is 36.5 Å². The van der Waals surface area contributed by atoms with Crippen LogP contribution in [0.25, 0.3) is 0 Å². The molecule has 0 bridgehead atoms. The summed E-state index contributed by atoms with van der Waals surface area (Å²) in [5, 5.41) is 13.7. The van der Waals surface area contributed by atoms with E-state index in [0.717, 1.165) is 44.0 Å². The van der Waals surface area contributed by atoms with E-state index in [1.807, 2.05) is 39.0 Å². The van der Waals surface area contributed by atoms with Gasteiger partial charge in [-0.15, -0.1) is 0 Å². The number of aliphatic imine (C=N–C) groups is 1. The number of amides is 1. The smallest absolute Gasteiger partial charge is 0.238 e. The largest absolute Gasteiger partial charge is 0.511 e. The molecule has 0 unspecified atom stereocenters. The van der Waals surface area contributed by atoms with Gasteiger partial charge in [0.2, 0.25) is 5.91 Å². The van der Waals surface area contributed by atoms with Gasteiger partial charge >= 0.3 is 0 Å². The van der Waals surface area contributed by atoms with E-state index in [1.54, 1.807) is 0 Å². The number of aliphatic hydroxyl groups excluding tert-OH is 1. The number of benzene rings is 1. The van der Waals surface area contributed by atoms with Crippen molar-refractivity contribution >= 4 is 35.2 Å². The summed E-state index contributed by atoms with van der Waals surface area (Å²) in [6.45, 7) is 10.9. The molecule has 3 rings (SSSR count). The standard InChI is InChI=1S/C24H33ClN4O3/c1-17-19(25)5-4-6-20(17)27-23(32)16-29-11-9-28(10-12-29)8-7-26-15-18-21(30)13-24(2,3)14-22(18)31/h4-6,15,30H,7-14,16H2,1-3H3,(H,27,32). The first-order valence-electron chi connectivity index (χ1n) is 11.1. The Hall–Kier alpha value is -2.22. The topological polar surface area (TPSA) is 85.2 Å². The molecular weight excluding hydrogens is 428 g/mol. The van der Waals surface area contributed by atoms with Gasteiger partial charge in [0.05, 0.1) is 18.7 Å². The van der Waals surface area contributed by atoms with Gasteiger partial charge in [-0.3, -0.25) is 24.4 Å². The lowest BCUT2D eigenvalue weighted by molar-refractivity contribution is -0.118. The van der Waals surface area contributed by atoms with E-state index in [4.69, 9.17) is 11.6 Å². The molecule has 1 aromatic rings. The molecule has 2 aliphatic rings. The number of rotatable bonds is 7. The Labute approximate surface area is 195 Å². The van der Waals surface area contributed by atoms with Gasteiger partial charge in [0.25, 0.3) is 0 Å². The fourth-order valence-electron chi connectivity index (χ4n) is 4.11. The third-order valence-corrected chi connectivity index (χ3v) is 6.45. The predicted octanol–water partition coefficient (Wildman–Crippen LogP) is 3.48. The first kappa shape index (κ1) is 24.4. The van der Waals surface area contributed by atoms with Crippen molar-refractivity contribution in [2.45, 2.75) is 33.6 Å². The number of hydrogen-bond acceptors (Lipinski definition) is 6. The van der Waals surface area contributed by atoms with Crippen LogP contribution in [0.1, 0.15) is 32.3 Å². The maximum atomic E-state index is 12.4. The van der Waals surface area contributed by atoms with E-state index in [9.17, 15) is 14.7 Å². The molecule has 0 spiro atoms. The van der Waals surface area contributed by atoms with Gasteiger partial charge in [0.1, 0.15) is 5.76 Å². The zero-order valence-corrected chi connectivity index (χ0v) is 19.9. The van der Waals surface area contributed by atoms with Crippen molar-refractivity contribution in [1.29, 1.82) is 0 Å². The van der Waals surface area contributed by atoms with Crippen molar-refractivity contribution in [1.82, 2.24) is 9.80 Å². The van der Waals surface area contributed by atoms with Gasteiger partial charge < -0.3 is 10.4 Å². The second-order valence-corrected chi connectivity index (χ2v) is 9.82. The second-order valence-electron chi connectivity index (χ2n) is 9.41. The van der Waals surface area contributed by atoms with Crippen LogP contribution in [-0.2, 0) is 9.59 Å². The van der Waals surface area contributed by atoms with Crippen molar-refractivity contribution in [2.75, 3.05) is 51.1 Å². The normalized spacial score (nSPS) is 20.2. The molecular formula is C24H33ClN4O3. The number of Topliss-reactive ketones (excluding diaryl/α,β-unsaturated/α-hetero) is 1. The van der Waals surface area contributed by atoms with Gasteiger partial charge in [-0.2, -0.15) is 0 Å². The molecule has 0 radical (unpaired) electrons. The molecule has 0 atom stereocenters. The van der Waals surface area contributed by atoms with Crippen molar-refractivity contribution in [3.63, 3.8) is 0 Å². The van der Waals surface area contributed by atoms with E-state index < -0.39 is 0 Å². The van der Waals surface area contributed by atoms with Crippen LogP contribution in [0.4, 0.5) is 5.69 Å². The Balaban J connectivity index is 1.39. The van der Waals surface area contributed by atoms with Crippen LogP contribution in [0.15, 0.2) is 34.5 Å². The molecule has 7 nitrogen and oxygen atoms in total. The summed E-state index contributed by atoms with van der Waals surface area (Å²) < 4.78 is 0. The van der Waals surface area contributed by atoms with E-state index in [-0.39, 0.29) is 22.9 Å². The molecule has 1 heterocycles. The van der Waals surface area contributed by atoms with Gasteiger partial charge in [-0.05, 0) is 30.0 Å². The zero-order valence-electron chi connectivity index (χ0n) is 19.2. The van der Waals surface area contributed by atoms with Crippen LogP contribution in [0.5, 0.6) is 0 Å². The number of piperazine rings is 1. The van der Waals surface area contributed by atoms with Crippen molar-refractivity contribution < 1.29 is 14.7 Å². The summed E-state index contributed by atoms with van der Waals surface area (Å²) in [5.41, 5.74) is 1.79. The summed E-state index contributed by atoms with van der Waals surface area (Å²) in [6.07, 6.45) is 2.47. The fraction of sp³-hybridized carbons (Fsp3) is 0.542. The first-order valence-corrected chi connectivity index (χ1v) is 11.5. The van der Waals surface area contributed by atoms with E-state index in [2.05, 4.69) is 20.1 Å². The maximum Gasteiger partial charge on any atom is 0.238 e. The van der Waals surface area contributed by atoms with Gasteiger partial charge in [0, 0.05) is 62.5 Å². The van der Waals surface area contributed by atoms with Crippen molar-refractivity contribution in [3.05, 3.63) is 40.1 Å². The molecule has 1 aliphatic heterocycles. The van der Waals surface area contributed by atoms with E-state index in [1.165, 1.54) is 6.21 Å². The number of allylic oxidation sites excluding steroid dienone is 2. The maximum absolute atomic E-state index is 12.4. The molecule has 1 fully saturated rings. The SMILES string of the molecule is Cc1c(Cl)cccc1NC(=O)CN1CCN(CCN=CC2=C(O)CC(C)(C)CC2=O)CC1. The highest BCUT2D eigenvalue weighted by molar-refractivity contribution is 6.31. The molecule has 0 saturated carbocycles. The van der Waals surface area contributed by atoms with Gasteiger partial charge in [-0.25, -0.2) is 0 Å². The minimum atomic E-state index is -0.192. The number of hydrogen-bond donors (Lipinski definition) is 2. The molecule has 2 N–H and O–H groups in total. The number of carbonyl (C=O) groups excluding carboxylic acids is 2. The average Bonchev–Trinajstić information content (AvgIpc) is 2.70. The number of nitrogens with one attached hydrogen (secondary N) is 1. The molecule has 1 amide bonds. The van der Waals surface area contributed by atoms with Crippen LogP contribution in [-0.4, -0.2) is 78.6 Å². The molecule has 8 heteroatoms. The predicted molar refractivity (Wildman–Crippen MR) is 129 cm³/mol. The van der Waals surface area contributed by atoms with Crippen molar-refractivity contribution in [2.24, 2.45) is 10.4 Å². The number of halogens is 1. The Bertz CT molecular complexity index is 918. The van der Waals surface area contributed by atoms with Crippen LogP contribution in [0.2, 0.25) is 5.02 Å². The molecule has 174 valence electrons. The lowest BCUT2D eigenvalue weighted by Gasteiger charge is -2.34. The lowest BCUT2D eigenvalue weighted by Crippen LogP contribution is -2.49. The second kappa shape index (κ2) is 10.6. The third-order valence-electron chi connectivity index (χ3n) is 6.04. The Kier molecular flexibility index (Phi) is 8.09. The number of anilines is 1. The average molecular weight is 461 g/mol. The Morgan fingerprint density at radius 3 is 2.59 bits per heavy atom. The Morgan fingerprint density at radius 2 is 1.91 bits per heavy atom. The van der Waals surface area contributed by atoms with Crippen LogP contribution < -0.4 is 5.32 Å². The lowest BCUT2D eigenvalue weighted by atomic mass is 9.77. The summed E-state index contributed by atoms with van der Waals surface area (Å²) in [6, 6.07) is 5.49. The number of ketones is 1. The summed E-state index contributed by atoms with van der Waals surface area (Å²) >= 11 is 6.12. The highest BCUT2D eigenvalue weighted by Gasteiger charge is 2.32. The number of aliphatic hydroxyl groups is 1. The number of nitrogens with zero attached hydrogens (tertiary/aromatic N) is 3. The molecule has 32 heavy (non-hydrogen) atoms. The Morgan fingerprint density at radius 1 is 1.22 bits per heavy atom.